The number of aliphatic hydroxyl groups is 1. The van der Waals surface area contributed by atoms with Crippen molar-refractivity contribution in [1.82, 2.24) is 4.98 Å². The quantitative estimate of drug-likeness (QED) is 0.710. The van der Waals surface area contributed by atoms with Gasteiger partial charge in [-0.2, -0.15) is 0 Å². The third kappa shape index (κ3) is 2.40. The van der Waals surface area contributed by atoms with E-state index >= 15 is 0 Å². The molecule has 0 unspecified atom stereocenters. The zero-order chi connectivity index (χ0) is 10.0. The van der Waals surface area contributed by atoms with Crippen LogP contribution in [0.15, 0.2) is 12.3 Å². The first-order valence-corrected chi connectivity index (χ1v) is 4.46. The first-order chi connectivity index (χ1) is 6.02. The standard InChI is InChI=1S/C9H13ClN2O/c1-5-3-8(10)12-4-7(5)9(13)6(2)11/h3-4,6,9,13H,11H2,1-2H3/t6-,9+/m1/s1. The van der Waals surface area contributed by atoms with Gasteiger partial charge in [0.1, 0.15) is 5.15 Å². The average molecular weight is 201 g/mol. The molecule has 0 aromatic carbocycles. The molecule has 0 spiro atoms. The molecule has 0 radical (unpaired) electrons. The monoisotopic (exact) mass is 200 g/mol. The molecule has 0 amide bonds. The molecule has 1 aromatic rings. The number of aliphatic hydroxyl groups excluding tert-OH is 1. The van der Waals surface area contributed by atoms with Crippen LogP contribution < -0.4 is 5.73 Å². The van der Waals surface area contributed by atoms with E-state index in [1.54, 1.807) is 19.2 Å². The van der Waals surface area contributed by atoms with E-state index in [0.29, 0.717) is 5.15 Å². The third-order valence-electron chi connectivity index (χ3n) is 1.93. The number of aromatic nitrogens is 1. The first-order valence-electron chi connectivity index (χ1n) is 4.08. The van der Waals surface area contributed by atoms with E-state index in [4.69, 9.17) is 17.3 Å². The van der Waals surface area contributed by atoms with Crippen molar-refractivity contribution in [2.75, 3.05) is 0 Å². The molecule has 3 N–H and O–H groups in total. The summed E-state index contributed by atoms with van der Waals surface area (Å²) in [6, 6.07) is 1.41. The van der Waals surface area contributed by atoms with Crippen molar-refractivity contribution in [2.45, 2.75) is 26.0 Å². The normalized spacial score (nSPS) is 15.5. The molecule has 72 valence electrons. The van der Waals surface area contributed by atoms with Gasteiger partial charge in [-0.05, 0) is 25.5 Å². The van der Waals surface area contributed by atoms with Gasteiger partial charge >= 0.3 is 0 Å². The molecule has 2 atom stereocenters. The van der Waals surface area contributed by atoms with Crippen LogP contribution in [0.1, 0.15) is 24.2 Å². The van der Waals surface area contributed by atoms with Crippen LogP contribution in [0.2, 0.25) is 5.15 Å². The second kappa shape index (κ2) is 4.05. The summed E-state index contributed by atoms with van der Waals surface area (Å²) in [5, 5.41) is 10.1. The topological polar surface area (TPSA) is 59.1 Å². The Hall–Kier alpha value is -0.640. The molecule has 0 fully saturated rings. The molecular formula is C9H13ClN2O. The highest BCUT2D eigenvalue weighted by Crippen LogP contribution is 2.20. The molecule has 4 heteroatoms. The van der Waals surface area contributed by atoms with Crippen molar-refractivity contribution in [3.63, 3.8) is 0 Å². The zero-order valence-electron chi connectivity index (χ0n) is 7.66. The van der Waals surface area contributed by atoms with E-state index in [2.05, 4.69) is 4.98 Å². The maximum Gasteiger partial charge on any atom is 0.129 e. The molecule has 1 heterocycles. The Kier molecular flexibility index (Phi) is 3.25. The molecule has 0 saturated carbocycles. The van der Waals surface area contributed by atoms with Crippen LogP contribution in [0, 0.1) is 6.92 Å². The van der Waals surface area contributed by atoms with Crippen LogP contribution >= 0.6 is 11.6 Å². The number of nitrogens with two attached hydrogens (primary N) is 1. The molecule has 1 rings (SSSR count). The molecule has 1 aromatic heterocycles. The van der Waals surface area contributed by atoms with Gasteiger partial charge in [0.2, 0.25) is 0 Å². The van der Waals surface area contributed by atoms with Crippen LogP contribution in [0.5, 0.6) is 0 Å². The van der Waals surface area contributed by atoms with Crippen molar-refractivity contribution in [2.24, 2.45) is 5.73 Å². The Morgan fingerprint density at radius 3 is 2.69 bits per heavy atom. The van der Waals surface area contributed by atoms with Gasteiger partial charge in [-0.3, -0.25) is 0 Å². The van der Waals surface area contributed by atoms with Crippen molar-refractivity contribution in [3.05, 3.63) is 28.5 Å². The van der Waals surface area contributed by atoms with Crippen LogP contribution in [0.25, 0.3) is 0 Å². The van der Waals surface area contributed by atoms with E-state index in [1.165, 1.54) is 0 Å². The maximum absolute atomic E-state index is 9.66. The van der Waals surface area contributed by atoms with Gasteiger partial charge in [-0.1, -0.05) is 11.6 Å². The summed E-state index contributed by atoms with van der Waals surface area (Å²) in [5.41, 5.74) is 7.21. The summed E-state index contributed by atoms with van der Waals surface area (Å²) in [5.74, 6) is 0. The average Bonchev–Trinajstić information content (AvgIpc) is 2.03. The van der Waals surface area contributed by atoms with Crippen LogP contribution in [0.3, 0.4) is 0 Å². The molecule has 0 aliphatic carbocycles. The van der Waals surface area contributed by atoms with Crippen LogP contribution in [0.4, 0.5) is 0 Å². The Balaban J connectivity index is 3.01. The number of halogens is 1. The van der Waals surface area contributed by atoms with Crippen molar-refractivity contribution in [1.29, 1.82) is 0 Å². The van der Waals surface area contributed by atoms with Crippen LogP contribution in [-0.4, -0.2) is 16.1 Å². The first kappa shape index (κ1) is 10.4. The number of pyridine rings is 1. The van der Waals surface area contributed by atoms with E-state index in [-0.39, 0.29) is 6.04 Å². The summed E-state index contributed by atoms with van der Waals surface area (Å²) < 4.78 is 0. The Bertz CT molecular complexity index is 302. The lowest BCUT2D eigenvalue weighted by molar-refractivity contribution is 0.152. The lowest BCUT2D eigenvalue weighted by atomic mass is 10.0. The molecule has 0 saturated heterocycles. The number of hydrogen-bond acceptors (Lipinski definition) is 3. The molecular weight excluding hydrogens is 188 g/mol. The van der Waals surface area contributed by atoms with E-state index in [0.717, 1.165) is 11.1 Å². The zero-order valence-corrected chi connectivity index (χ0v) is 8.42. The second-order valence-corrected chi connectivity index (χ2v) is 3.55. The van der Waals surface area contributed by atoms with Gasteiger partial charge in [-0.15, -0.1) is 0 Å². The second-order valence-electron chi connectivity index (χ2n) is 3.17. The Morgan fingerprint density at radius 2 is 2.23 bits per heavy atom. The molecule has 0 bridgehead atoms. The summed E-state index contributed by atoms with van der Waals surface area (Å²) >= 11 is 5.68. The number of nitrogens with zero attached hydrogens (tertiary/aromatic N) is 1. The van der Waals surface area contributed by atoms with E-state index < -0.39 is 6.10 Å². The number of hydrogen-bond donors (Lipinski definition) is 2. The van der Waals surface area contributed by atoms with Gasteiger partial charge in [0.05, 0.1) is 6.10 Å². The highest BCUT2D eigenvalue weighted by molar-refractivity contribution is 6.29. The van der Waals surface area contributed by atoms with E-state index in [1.807, 2.05) is 6.92 Å². The summed E-state index contributed by atoms with van der Waals surface area (Å²) in [7, 11) is 0. The predicted octanol–water partition coefficient (Wildman–Crippen LogP) is 1.42. The summed E-state index contributed by atoms with van der Waals surface area (Å²) in [4.78, 5) is 3.89. The SMILES string of the molecule is Cc1cc(Cl)ncc1[C@@H](O)[C@@H](C)N. The molecule has 0 aliphatic rings. The number of aryl methyl sites for hydroxylation is 1. The fourth-order valence-corrected chi connectivity index (χ4v) is 1.34. The fourth-order valence-electron chi connectivity index (χ4n) is 1.13. The highest BCUT2D eigenvalue weighted by atomic mass is 35.5. The molecule has 3 nitrogen and oxygen atoms in total. The number of rotatable bonds is 2. The van der Waals surface area contributed by atoms with Crippen molar-refractivity contribution < 1.29 is 5.11 Å². The van der Waals surface area contributed by atoms with E-state index in [9.17, 15) is 5.11 Å². The summed E-state index contributed by atoms with van der Waals surface area (Å²) in [6.45, 7) is 3.62. The minimum Gasteiger partial charge on any atom is -0.387 e. The Morgan fingerprint density at radius 1 is 1.62 bits per heavy atom. The lowest BCUT2D eigenvalue weighted by Crippen LogP contribution is -2.25. The van der Waals surface area contributed by atoms with Crippen molar-refractivity contribution in [3.8, 4) is 0 Å². The van der Waals surface area contributed by atoms with Gasteiger partial charge in [0.25, 0.3) is 0 Å². The van der Waals surface area contributed by atoms with Gasteiger partial charge in [0, 0.05) is 17.8 Å². The largest absolute Gasteiger partial charge is 0.387 e. The fraction of sp³-hybridized carbons (Fsp3) is 0.444. The highest BCUT2D eigenvalue weighted by Gasteiger charge is 2.14. The molecule has 0 aliphatic heterocycles. The third-order valence-corrected chi connectivity index (χ3v) is 2.14. The predicted molar refractivity (Wildman–Crippen MR) is 52.6 cm³/mol. The maximum atomic E-state index is 9.66. The van der Waals surface area contributed by atoms with Gasteiger partial charge < -0.3 is 10.8 Å². The van der Waals surface area contributed by atoms with Gasteiger partial charge in [-0.25, -0.2) is 4.98 Å². The summed E-state index contributed by atoms with van der Waals surface area (Å²) in [6.07, 6.45) is 0.885. The van der Waals surface area contributed by atoms with Gasteiger partial charge in [0.15, 0.2) is 0 Å². The minimum absolute atomic E-state index is 0.304. The van der Waals surface area contributed by atoms with Crippen molar-refractivity contribution >= 4 is 11.6 Å². The Labute approximate surface area is 82.5 Å². The minimum atomic E-state index is -0.676. The van der Waals surface area contributed by atoms with Crippen LogP contribution in [-0.2, 0) is 0 Å². The molecule has 13 heavy (non-hydrogen) atoms. The smallest absolute Gasteiger partial charge is 0.129 e. The lowest BCUT2D eigenvalue weighted by Gasteiger charge is -2.16.